The van der Waals surface area contributed by atoms with Crippen molar-refractivity contribution in [1.29, 1.82) is 0 Å². The lowest BCUT2D eigenvalue weighted by Gasteiger charge is -2.20. The molecule has 0 amide bonds. The number of pyridine rings is 1. The summed E-state index contributed by atoms with van der Waals surface area (Å²) in [7, 11) is 2.15. The van der Waals surface area contributed by atoms with E-state index in [0.717, 1.165) is 17.9 Å². The van der Waals surface area contributed by atoms with Gasteiger partial charge in [0.05, 0.1) is 6.20 Å². The Morgan fingerprint density at radius 1 is 1.62 bits per heavy atom. The molecule has 4 heteroatoms. The number of likely N-dealkylation sites (tertiary alicyclic amines) is 1. The molecule has 1 aromatic rings. The number of rotatable bonds is 4. The summed E-state index contributed by atoms with van der Waals surface area (Å²) in [6.45, 7) is 2.40. The largest absolute Gasteiger partial charge is 0.490 e. The molecule has 1 saturated heterocycles. The second-order valence-corrected chi connectivity index (χ2v) is 4.28. The van der Waals surface area contributed by atoms with Gasteiger partial charge in [-0.25, -0.2) is 0 Å². The van der Waals surface area contributed by atoms with Crippen molar-refractivity contribution in [2.24, 2.45) is 5.73 Å². The van der Waals surface area contributed by atoms with E-state index in [-0.39, 0.29) is 0 Å². The Kier molecular flexibility index (Phi) is 3.74. The SMILES string of the molecule is CN1CCCC1COc1cnccc1CN. The van der Waals surface area contributed by atoms with E-state index in [1.807, 2.05) is 6.07 Å². The van der Waals surface area contributed by atoms with Gasteiger partial charge in [0.1, 0.15) is 12.4 Å². The fourth-order valence-electron chi connectivity index (χ4n) is 2.08. The van der Waals surface area contributed by atoms with Crippen molar-refractivity contribution in [2.45, 2.75) is 25.4 Å². The maximum Gasteiger partial charge on any atom is 0.142 e. The minimum Gasteiger partial charge on any atom is -0.490 e. The van der Waals surface area contributed by atoms with E-state index < -0.39 is 0 Å². The van der Waals surface area contributed by atoms with Crippen LogP contribution in [0.2, 0.25) is 0 Å². The molecule has 0 aliphatic carbocycles. The molecule has 1 aliphatic rings. The molecule has 4 nitrogen and oxygen atoms in total. The zero-order chi connectivity index (χ0) is 11.4. The number of nitrogens with zero attached hydrogens (tertiary/aromatic N) is 2. The van der Waals surface area contributed by atoms with Crippen molar-refractivity contribution in [3.63, 3.8) is 0 Å². The highest BCUT2D eigenvalue weighted by Gasteiger charge is 2.21. The number of aromatic nitrogens is 1. The Hall–Kier alpha value is -1.13. The van der Waals surface area contributed by atoms with Gasteiger partial charge in [-0.3, -0.25) is 4.98 Å². The summed E-state index contributed by atoms with van der Waals surface area (Å²) < 4.78 is 5.80. The van der Waals surface area contributed by atoms with Gasteiger partial charge in [-0.15, -0.1) is 0 Å². The quantitative estimate of drug-likeness (QED) is 0.824. The first kappa shape index (κ1) is 11.4. The molecule has 1 aromatic heterocycles. The van der Waals surface area contributed by atoms with Crippen molar-refractivity contribution in [3.05, 3.63) is 24.0 Å². The molecule has 0 spiro atoms. The maximum absolute atomic E-state index is 5.80. The molecule has 0 bridgehead atoms. The van der Waals surface area contributed by atoms with E-state index in [1.165, 1.54) is 19.4 Å². The van der Waals surface area contributed by atoms with Crippen LogP contribution in [-0.4, -0.2) is 36.1 Å². The monoisotopic (exact) mass is 221 g/mol. The van der Waals surface area contributed by atoms with Crippen molar-refractivity contribution < 1.29 is 4.74 Å². The van der Waals surface area contributed by atoms with Gasteiger partial charge >= 0.3 is 0 Å². The van der Waals surface area contributed by atoms with E-state index in [0.29, 0.717) is 12.6 Å². The van der Waals surface area contributed by atoms with Crippen molar-refractivity contribution in [2.75, 3.05) is 20.2 Å². The predicted molar refractivity (Wildman–Crippen MR) is 63.3 cm³/mol. The van der Waals surface area contributed by atoms with E-state index in [1.54, 1.807) is 12.4 Å². The molecule has 1 fully saturated rings. The normalized spacial score (nSPS) is 21.2. The van der Waals surface area contributed by atoms with Crippen molar-refractivity contribution in [3.8, 4) is 5.75 Å². The number of hydrogen-bond acceptors (Lipinski definition) is 4. The summed E-state index contributed by atoms with van der Waals surface area (Å²) in [5, 5.41) is 0. The average Bonchev–Trinajstić information content (AvgIpc) is 2.72. The topological polar surface area (TPSA) is 51.4 Å². The van der Waals surface area contributed by atoms with Crippen molar-refractivity contribution in [1.82, 2.24) is 9.88 Å². The second-order valence-electron chi connectivity index (χ2n) is 4.28. The summed E-state index contributed by atoms with van der Waals surface area (Å²) >= 11 is 0. The zero-order valence-electron chi connectivity index (χ0n) is 9.72. The molecular weight excluding hydrogens is 202 g/mol. The minimum atomic E-state index is 0.498. The molecule has 2 N–H and O–H groups in total. The third-order valence-corrected chi connectivity index (χ3v) is 3.19. The first-order valence-electron chi connectivity index (χ1n) is 5.77. The van der Waals surface area contributed by atoms with Gasteiger partial charge in [0.15, 0.2) is 0 Å². The molecule has 16 heavy (non-hydrogen) atoms. The van der Waals surface area contributed by atoms with Gasteiger partial charge in [0.2, 0.25) is 0 Å². The molecule has 2 rings (SSSR count). The Bertz CT molecular complexity index is 343. The van der Waals surface area contributed by atoms with E-state index >= 15 is 0 Å². The van der Waals surface area contributed by atoms with Gasteiger partial charge in [0, 0.05) is 24.3 Å². The van der Waals surface area contributed by atoms with Crippen molar-refractivity contribution >= 4 is 0 Å². The molecule has 0 radical (unpaired) electrons. The van der Waals surface area contributed by atoms with Crippen LogP contribution in [0.25, 0.3) is 0 Å². The molecule has 0 aromatic carbocycles. The Morgan fingerprint density at radius 3 is 3.19 bits per heavy atom. The molecule has 88 valence electrons. The number of ether oxygens (including phenoxy) is 1. The maximum atomic E-state index is 5.80. The highest BCUT2D eigenvalue weighted by molar-refractivity contribution is 5.29. The van der Waals surface area contributed by atoms with Crippen LogP contribution in [0.1, 0.15) is 18.4 Å². The van der Waals surface area contributed by atoms with Gasteiger partial charge in [-0.2, -0.15) is 0 Å². The van der Waals surface area contributed by atoms with Crippen LogP contribution < -0.4 is 10.5 Å². The first-order valence-corrected chi connectivity index (χ1v) is 5.77. The Morgan fingerprint density at radius 2 is 2.50 bits per heavy atom. The lowest BCUT2D eigenvalue weighted by atomic mass is 10.2. The van der Waals surface area contributed by atoms with Crippen LogP contribution in [0.5, 0.6) is 5.75 Å². The summed E-state index contributed by atoms with van der Waals surface area (Å²) in [6, 6.07) is 2.44. The van der Waals surface area contributed by atoms with Gasteiger partial charge < -0.3 is 15.4 Å². The molecule has 0 saturated carbocycles. The minimum absolute atomic E-state index is 0.498. The lowest BCUT2D eigenvalue weighted by Crippen LogP contribution is -2.30. The Balaban J connectivity index is 1.93. The van der Waals surface area contributed by atoms with E-state index in [9.17, 15) is 0 Å². The second kappa shape index (κ2) is 5.27. The van der Waals surface area contributed by atoms with E-state index in [4.69, 9.17) is 10.5 Å². The Labute approximate surface area is 96.4 Å². The van der Waals surface area contributed by atoms with Gasteiger partial charge in [-0.1, -0.05) is 0 Å². The summed E-state index contributed by atoms with van der Waals surface area (Å²) in [4.78, 5) is 6.41. The summed E-state index contributed by atoms with van der Waals surface area (Å²) in [5.41, 5.74) is 6.67. The molecule has 1 atom stereocenters. The van der Waals surface area contributed by atoms with E-state index in [2.05, 4.69) is 16.9 Å². The predicted octanol–water partition coefficient (Wildman–Crippen LogP) is 1.01. The fourth-order valence-corrected chi connectivity index (χ4v) is 2.08. The molecule has 2 heterocycles. The van der Waals surface area contributed by atoms with Crippen LogP contribution >= 0.6 is 0 Å². The summed E-state index contributed by atoms with van der Waals surface area (Å²) in [6.07, 6.45) is 5.98. The number of nitrogens with two attached hydrogens (primary N) is 1. The molecule has 1 aliphatic heterocycles. The zero-order valence-corrected chi connectivity index (χ0v) is 9.72. The van der Waals surface area contributed by atoms with Gasteiger partial charge in [0.25, 0.3) is 0 Å². The summed E-state index contributed by atoms with van der Waals surface area (Å²) in [5.74, 6) is 0.824. The van der Waals surface area contributed by atoms with Crippen LogP contribution in [0.15, 0.2) is 18.5 Å². The highest BCUT2D eigenvalue weighted by Crippen LogP contribution is 2.19. The van der Waals surface area contributed by atoms with Crippen LogP contribution in [-0.2, 0) is 6.54 Å². The lowest BCUT2D eigenvalue weighted by molar-refractivity contribution is 0.196. The van der Waals surface area contributed by atoms with Gasteiger partial charge in [-0.05, 0) is 32.5 Å². The fraction of sp³-hybridized carbons (Fsp3) is 0.583. The first-order chi connectivity index (χ1) is 7.81. The molecule has 1 unspecified atom stereocenters. The average molecular weight is 221 g/mol. The number of hydrogen-bond donors (Lipinski definition) is 1. The smallest absolute Gasteiger partial charge is 0.142 e. The number of likely N-dealkylation sites (N-methyl/N-ethyl adjacent to an activating group) is 1. The van der Waals surface area contributed by atoms with Crippen LogP contribution in [0, 0.1) is 0 Å². The third-order valence-electron chi connectivity index (χ3n) is 3.19. The third kappa shape index (κ3) is 2.51. The highest BCUT2D eigenvalue weighted by atomic mass is 16.5. The molecular formula is C12H19N3O. The van der Waals surface area contributed by atoms with Crippen LogP contribution in [0.3, 0.4) is 0 Å². The van der Waals surface area contributed by atoms with Crippen LogP contribution in [0.4, 0.5) is 0 Å². The standard InChI is InChI=1S/C12H19N3O/c1-15-6-2-3-11(15)9-16-12-8-14-5-4-10(12)7-13/h4-5,8,11H,2-3,6-7,9,13H2,1H3.